The van der Waals surface area contributed by atoms with Crippen LogP contribution in [0.1, 0.15) is 19.3 Å². The van der Waals surface area contributed by atoms with Crippen molar-refractivity contribution >= 4 is 11.9 Å². The van der Waals surface area contributed by atoms with Crippen LogP contribution in [-0.2, 0) is 9.59 Å². The molecule has 4 nitrogen and oxygen atoms in total. The van der Waals surface area contributed by atoms with E-state index in [0.29, 0.717) is 12.8 Å². The molecule has 1 aliphatic carbocycles. The number of amides is 1. The van der Waals surface area contributed by atoms with E-state index in [4.69, 9.17) is 5.11 Å². The summed E-state index contributed by atoms with van der Waals surface area (Å²) in [4.78, 5) is 22.9. The monoisotopic (exact) mass is 265 g/mol. The first-order chi connectivity index (χ1) is 8.27. The molecule has 1 N–H and O–H groups in total. The molecule has 1 saturated carbocycles. The van der Waals surface area contributed by atoms with Crippen LogP contribution in [-0.4, -0.2) is 41.1 Å². The SMILES string of the molecule is O=C(O)C1CC2CC(C1)CN(C(=O)C(F)(F)F)C2. The molecule has 0 radical (unpaired) electrons. The van der Waals surface area contributed by atoms with E-state index in [2.05, 4.69) is 0 Å². The topological polar surface area (TPSA) is 57.6 Å². The van der Waals surface area contributed by atoms with E-state index in [1.54, 1.807) is 0 Å². The van der Waals surface area contributed by atoms with Gasteiger partial charge in [-0.2, -0.15) is 13.2 Å². The Bertz CT molecular complexity index is 355. The molecular formula is C11H14F3NO3. The summed E-state index contributed by atoms with van der Waals surface area (Å²) in [6.07, 6.45) is -3.37. The summed E-state index contributed by atoms with van der Waals surface area (Å²) in [6, 6.07) is 0. The highest BCUT2D eigenvalue weighted by Gasteiger charge is 2.47. The Labute approximate surface area is 102 Å². The van der Waals surface area contributed by atoms with Crippen LogP contribution in [0.4, 0.5) is 13.2 Å². The lowest BCUT2D eigenvalue weighted by Gasteiger charge is -2.43. The van der Waals surface area contributed by atoms with E-state index >= 15 is 0 Å². The van der Waals surface area contributed by atoms with E-state index in [1.165, 1.54) is 0 Å². The van der Waals surface area contributed by atoms with Gasteiger partial charge in [-0.1, -0.05) is 0 Å². The standard InChI is InChI=1S/C11H14F3NO3/c12-11(13,14)10(18)15-4-6-1-7(5-15)3-8(2-6)9(16)17/h6-8H,1-5H2,(H,16,17). The van der Waals surface area contributed by atoms with Crippen LogP contribution < -0.4 is 0 Å². The first kappa shape index (κ1) is 13.2. The minimum Gasteiger partial charge on any atom is -0.481 e. The van der Waals surface area contributed by atoms with Crippen molar-refractivity contribution in [2.24, 2.45) is 17.8 Å². The second-order valence-electron chi connectivity index (χ2n) is 5.18. The zero-order chi connectivity index (χ0) is 13.5. The number of aliphatic carboxylic acids is 1. The number of carboxylic acids is 1. The molecule has 0 aromatic carbocycles. The molecule has 1 saturated heterocycles. The van der Waals surface area contributed by atoms with E-state index in [1.807, 2.05) is 0 Å². The van der Waals surface area contributed by atoms with E-state index in [9.17, 15) is 22.8 Å². The number of hydrogen-bond acceptors (Lipinski definition) is 2. The second-order valence-corrected chi connectivity index (χ2v) is 5.18. The van der Waals surface area contributed by atoms with Gasteiger partial charge in [-0.25, -0.2) is 0 Å². The number of nitrogens with zero attached hydrogens (tertiary/aromatic N) is 1. The van der Waals surface area contributed by atoms with Gasteiger partial charge in [0.25, 0.3) is 0 Å². The number of carbonyl (C=O) groups excluding carboxylic acids is 1. The highest BCUT2D eigenvalue weighted by Crippen LogP contribution is 2.39. The van der Waals surface area contributed by atoms with Crippen LogP contribution in [0.15, 0.2) is 0 Å². The lowest BCUT2D eigenvalue weighted by molar-refractivity contribution is -0.189. The van der Waals surface area contributed by atoms with Gasteiger partial charge < -0.3 is 10.0 Å². The molecule has 1 heterocycles. The average molecular weight is 265 g/mol. The maximum absolute atomic E-state index is 12.3. The van der Waals surface area contributed by atoms with Gasteiger partial charge >= 0.3 is 18.1 Å². The third-order valence-corrected chi connectivity index (χ3v) is 3.74. The van der Waals surface area contributed by atoms with Gasteiger partial charge in [0.05, 0.1) is 5.92 Å². The van der Waals surface area contributed by atoms with Gasteiger partial charge in [0, 0.05) is 13.1 Å². The summed E-state index contributed by atoms with van der Waals surface area (Å²) in [5.41, 5.74) is 0. The van der Waals surface area contributed by atoms with Crippen LogP contribution in [0.25, 0.3) is 0 Å². The number of fused-ring (bicyclic) bond motifs is 2. The lowest BCUT2D eigenvalue weighted by atomic mass is 9.72. The zero-order valence-electron chi connectivity index (χ0n) is 9.61. The van der Waals surface area contributed by atoms with Crippen molar-refractivity contribution in [2.75, 3.05) is 13.1 Å². The Hall–Kier alpha value is -1.27. The predicted molar refractivity (Wildman–Crippen MR) is 54.6 cm³/mol. The second kappa shape index (κ2) is 4.44. The maximum Gasteiger partial charge on any atom is 0.471 e. The highest BCUT2D eigenvalue weighted by molar-refractivity contribution is 5.82. The summed E-state index contributed by atoms with van der Waals surface area (Å²) in [7, 11) is 0. The van der Waals surface area contributed by atoms with Gasteiger partial charge in [0.1, 0.15) is 0 Å². The third-order valence-electron chi connectivity index (χ3n) is 3.74. The number of carbonyl (C=O) groups is 2. The van der Waals surface area contributed by atoms with Crippen molar-refractivity contribution in [3.63, 3.8) is 0 Å². The van der Waals surface area contributed by atoms with Crippen molar-refractivity contribution in [3.05, 3.63) is 0 Å². The average Bonchev–Trinajstić information content (AvgIpc) is 2.25. The van der Waals surface area contributed by atoms with Crippen molar-refractivity contribution in [1.29, 1.82) is 0 Å². The van der Waals surface area contributed by atoms with Gasteiger partial charge in [-0.15, -0.1) is 0 Å². The Morgan fingerprint density at radius 2 is 1.56 bits per heavy atom. The molecule has 7 heteroatoms. The normalized spacial score (nSPS) is 32.2. The third kappa shape index (κ3) is 2.59. The molecule has 2 aliphatic rings. The fourth-order valence-corrected chi connectivity index (χ4v) is 3.11. The van der Waals surface area contributed by atoms with Crippen molar-refractivity contribution in [3.8, 4) is 0 Å². The Balaban J connectivity index is 2.03. The van der Waals surface area contributed by atoms with Crippen molar-refractivity contribution in [1.82, 2.24) is 4.90 Å². The number of hydrogen-bond donors (Lipinski definition) is 1. The molecular weight excluding hydrogens is 251 g/mol. The first-order valence-electron chi connectivity index (χ1n) is 5.86. The number of piperidine rings is 1. The number of rotatable bonds is 1. The molecule has 2 fully saturated rings. The fraction of sp³-hybridized carbons (Fsp3) is 0.818. The molecule has 2 bridgehead atoms. The molecule has 0 aromatic heterocycles. The zero-order valence-corrected chi connectivity index (χ0v) is 9.61. The lowest BCUT2D eigenvalue weighted by Crippen LogP contribution is -2.51. The molecule has 18 heavy (non-hydrogen) atoms. The van der Waals surface area contributed by atoms with Gasteiger partial charge in [0.15, 0.2) is 0 Å². The number of carboxylic acid groups (broad SMARTS) is 1. The van der Waals surface area contributed by atoms with Crippen LogP contribution in [0.3, 0.4) is 0 Å². The Kier molecular flexibility index (Phi) is 3.25. The quantitative estimate of drug-likeness (QED) is 0.781. The minimum atomic E-state index is -4.84. The molecule has 1 amide bonds. The summed E-state index contributed by atoms with van der Waals surface area (Å²) in [6.45, 7) is 0.0528. The number of halogens is 3. The Morgan fingerprint density at radius 1 is 1.06 bits per heavy atom. The van der Waals surface area contributed by atoms with Crippen LogP contribution in [0.2, 0.25) is 0 Å². The summed E-state index contributed by atoms with van der Waals surface area (Å²) in [5.74, 6) is -3.40. The fourth-order valence-electron chi connectivity index (χ4n) is 3.11. The van der Waals surface area contributed by atoms with E-state index in [0.717, 1.165) is 11.3 Å². The van der Waals surface area contributed by atoms with Gasteiger partial charge in [-0.05, 0) is 31.1 Å². The van der Waals surface area contributed by atoms with E-state index < -0.39 is 24.0 Å². The molecule has 2 rings (SSSR count). The summed E-state index contributed by atoms with van der Waals surface area (Å²) < 4.78 is 37.0. The minimum absolute atomic E-state index is 0.0264. The molecule has 1 aliphatic heterocycles. The Morgan fingerprint density at radius 3 is 1.94 bits per heavy atom. The van der Waals surface area contributed by atoms with Crippen LogP contribution >= 0.6 is 0 Å². The van der Waals surface area contributed by atoms with Gasteiger partial charge in [0.2, 0.25) is 0 Å². The van der Waals surface area contributed by atoms with Crippen LogP contribution in [0, 0.1) is 17.8 Å². The molecule has 102 valence electrons. The predicted octanol–water partition coefficient (Wildman–Crippen LogP) is 1.51. The molecule has 2 unspecified atom stereocenters. The van der Waals surface area contributed by atoms with Gasteiger partial charge in [-0.3, -0.25) is 9.59 Å². The molecule has 0 spiro atoms. The van der Waals surface area contributed by atoms with Crippen LogP contribution in [0.5, 0.6) is 0 Å². The largest absolute Gasteiger partial charge is 0.481 e. The smallest absolute Gasteiger partial charge is 0.471 e. The van der Waals surface area contributed by atoms with E-state index in [-0.39, 0.29) is 24.9 Å². The van der Waals surface area contributed by atoms with Crippen molar-refractivity contribution < 1.29 is 27.9 Å². The summed E-state index contributed by atoms with van der Waals surface area (Å²) >= 11 is 0. The molecule has 0 aromatic rings. The molecule has 2 atom stereocenters. The number of likely N-dealkylation sites (tertiary alicyclic amines) is 1. The maximum atomic E-state index is 12.3. The number of alkyl halides is 3. The highest BCUT2D eigenvalue weighted by atomic mass is 19.4. The van der Waals surface area contributed by atoms with Crippen molar-refractivity contribution in [2.45, 2.75) is 25.4 Å². The first-order valence-corrected chi connectivity index (χ1v) is 5.86. The summed E-state index contributed by atoms with van der Waals surface area (Å²) in [5, 5.41) is 8.94.